The Morgan fingerprint density at radius 2 is 2.44 bits per heavy atom. The third-order valence-electron chi connectivity index (χ3n) is 3.84. The summed E-state index contributed by atoms with van der Waals surface area (Å²) in [5.41, 5.74) is 0.457. The predicted molar refractivity (Wildman–Crippen MR) is 74.5 cm³/mol. The van der Waals surface area contributed by atoms with Crippen LogP contribution in [0.3, 0.4) is 0 Å². The van der Waals surface area contributed by atoms with Crippen molar-refractivity contribution in [3.8, 4) is 0 Å². The molecule has 1 fully saturated rings. The summed E-state index contributed by atoms with van der Waals surface area (Å²) in [4.78, 5) is 11.3. The van der Waals surface area contributed by atoms with Gasteiger partial charge in [0.05, 0.1) is 0 Å². The fraction of sp³-hybridized carbons (Fsp3) is 0.667. The Labute approximate surface area is 109 Å². The molecule has 96 valence electrons. The topological polar surface area (TPSA) is 69.6 Å². The molecule has 2 aliphatic heterocycles. The van der Waals surface area contributed by atoms with Crippen LogP contribution in [0.5, 0.6) is 0 Å². The molecule has 0 radical (unpaired) electrons. The Morgan fingerprint density at radius 1 is 1.61 bits per heavy atom. The molecule has 2 heterocycles. The van der Waals surface area contributed by atoms with Crippen LogP contribution in [0.1, 0.15) is 32.1 Å². The first kappa shape index (κ1) is 13.6. The van der Waals surface area contributed by atoms with Crippen molar-refractivity contribution in [2.75, 3.05) is 6.54 Å². The van der Waals surface area contributed by atoms with Gasteiger partial charge in [0, 0.05) is 0 Å². The van der Waals surface area contributed by atoms with Gasteiger partial charge in [-0.1, -0.05) is 0 Å². The molecule has 0 bridgehead atoms. The summed E-state index contributed by atoms with van der Waals surface area (Å²) in [7, 11) is 1.03. The minimum atomic E-state index is -0.903. The second-order valence-corrected chi connectivity index (χ2v) is 5.25. The second-order valence-electron chi connectivity index (χ2n) is 5.25. The van der Waals surface area contributed by atoms with Gasteiger partial charge in [0.25, 0.3) is 0 Å². The quantitative estimate of drug-likeness (QED) is 0.436. The van der Waals surface area contributed by atoms with Gasteiger partial charge in [-0.05, 0) is 0 Å². The van der Waals surface area contributed by atoms with Gasteiger partial charge in [-0.2, -0.15) is 0 Å². The zero-order chi connectivity index (χ0) is 13.0. The second kappa shape index (κ2) is 5.85. The van der Waals surface area contributed by atoms with Gasteiger partial charge in [0.2, 0.25) is 0 Å². The van der Waals surface area contributed by atoms with Crippen molar-refractivity contribution in [1.82, 2.24) is 5.32 Å². The number of hydrogen-bond donors (Lipinski definition) is 3. The molecule has 2 atom stereocenters. The van der Waals surface area contributed by atoms with Crippen molar-refractivity contribution < 1.29 is 15.0 Å². The number of carboxylic acid groups (broad SMARTS) is 1. The summed E-state index contributed by atoms with van der Waals surface area (Å²) in [6.45, 7) is 2.60. The molecule has 0 saturated carbocycles. The van der Waals surface area contributed by atoms with Gasteiger partial charge >= 0.3 is 108 Å². The summed E-state index contributed by atoms with van der Waals surface area (Å²) in [6, 6.07) is 0. The molecule has 3 N–H and O–H groups in total. The fourth-order valence-corrected chi connectivity index (χ4v) is 2.77. The summed E-state index contributed by atoms with van der Waals surface area (Å²) in [6.07, 6.45) is 5.43. The molecule has 0 spiro atoms. The standard InChI is InChI=1S/C12H19B2NO3/c16-10-7-12(11(17)18,15-8-10)5-2-1-3-9-4-6-13-14-9/h4,6,10,13,15-16H,1-3,5,7-8H2,(H,17,18)/t10-,12+/m0/s1. The van der Waals surface area contributed by atoms with Crippen molar-refractivity contribution >= 4 is 25.4 Å². The third-order valence-corrected chi connectivity index (χ3v) is 3.84. The minimum absolute atomic E-state index is 0.324. The van der Waals surface area contributed by atoms with E-state index in [1.54, 1.807) is 0 Å². The first-order chi connectivity index (χ1) is 8.62. The fourth-order valence-electron chi connectivity index (χ4n) is 2.77. The molecule has 2 rings (SSSR count). The molecule has 0 aliphatic carbocycles. The van der Waals surface area contributed by atoms with Crippen LogP contribution in [0, 0.1) is 0 Å². The van der Waals surface area contributed by atoms with Gasteiger partial charge in [0.15, 0.2) is 0 Å². The Hall–Kier alpha value is -0.870. The number of carboxylic acids is 1. The third kappa shape index (κ3) is 3.12. The van der Waals surface area contributed by atoms with Crippen molar-refractivity contribution in [2.24, 2.45) is 0 Å². The number of aliphatic hydroxyl groups excluding tert-OH is 1. The number of allylic oxidation sites excluding steroid dienone is 1. The van der Waals surface area contributed by atoms with E-state index in [9.17, 15) is 15.0 Å². The van der Waals surface area contributed by atoms with Gasteiger partial charge in [-0.25, -0.2) is 0 Å². The van der Waals surface area contributed by atoms with E-state index in [1.165, 1.54) is 5.46 Å². The van der Waals surface area contributed by atoms with E-state index in [4.69, 9.17) is 0 Å². The Balaban J connectivity index is 1.76. The zero-order valence-electron chi connectivity index (χ0n) is 10.6. The normalized spacial score (nSPS) is 29.8. The van der Waals surface area contributed by atoms with E-state index in [2.05, 4.69) is 24.2 Å². The predicted octanol–water partition coefficient (Wildman–Crippen LogP) is -0.520. The first-order valence-electron chi connectivity index (χ1n) is 6.64. The summed E-state index contributed by atoms with van der Waals surface area (Å²) in [5, 5.41) is 21.8. The van der Waals surface area contributed by atoms with Gasteiger partial charge < -0.3 is 0 Å². The number of unbranched alkanes of at least 4 members (excludes halogenated alkanes) is 1. The van der Waals surface area contributed by atoms with Crippen LogP contribution in [-0.2, 0) is 4.79 Å². The summed E-state index contributed by atoms with van der Waals surface area (Å²) < 4.78 is 0. The van der Waals surface area contributed by atoms with Crippen LogP contribution in [0.2, 0.25) is 0 Å². The zero-order valence-corrected chi connectivity index (χ0v) is 10.6. The van der Waals surface area contributed by atoms with Crippen molar-refractivity contribution in [1.29, 1.82) is 0 Å². The molecule has 1 saturated heterocycles. The molecule has 0 aromatic heterocycles. The SMILES string of the molecule is O=C(O)[C@@]1(CCCCC2=BBC=C2)C[C@H](O)CN1. The van der Waals surface area contributed by atoms with Crippen LogP contribution in [0.25, 0.3) is 0 Å². The molecule has 2 aliphatic rings. The average molecular weight is 247 g/mol. The molecular formula is C12H19B2NO3. The maximum absolute atomic E-state index is 11.3. The molecule has 6 heteroatoms. The number of rotatable bonds is 6. The Bertz CT molecular complexity index is 384. The Kier molecular flexibility index (Phi) is 4.40. The van der Waals surface area contributed by atoms with E-state index in [-0.39, 0.29) is 0 Å². The molecule has 18 heavy (non-hydrogen) atoms. The van der Waals surface area contributed by atoms with Crippen LogP contribution in [0.15, 0.2) is 12.1 Å². The van der Waals surface area contributed by atoms with Gasteiger partial charge in [-0.15, -0.1) is 0 Å². The maximum atomic E-state index is 11.3. The van der Waals surface area contributed by atoms with E-state index >= 15 is 0 Å². The number of β-amino-alcohol motifs (C(OH)–C–C–N with tert-alkyl or cyclic N) is 1. The molecule has 0 aromatic rings. The van der Waals surface area contributed by atoms with Crippen molar-refractivity contribution in [3.05, 3.63) is 12.1 Å². The number of aliphatic carboxylic acids is 1. The molecule has 0 unspecified atom stereocenters. The van der Waals surface area contributed by atoms with Crippen LogP contribution in [-0.4, -0.2) is 53.8 Å². The molecule has 0 amide bonds. The number of aliphatic hydroxyl groups is 1. The van der Waals surface area contributed by atoms with Crippen LogP contribution < -0.4 is 5.32 Å². The van der Waals surface area contributed by atoms with Crippen molar-refractivity contribution in [2.45, 2.75) is 43.7 Å². The monoisotopic (exact) mass is 247 g/mol. The van der Waals surface area contributed by atoms with Gasteiger partial charge in [-0.3, -0.25) is 0 Å². The number of hydrogen-bond acceptors (Lipinski definition) is 3. The van der Waals surface area contributed by atoms with E-state index < -0.39 is 17.6 Å². The Morgan fingerprint density at radius 3 is 3.00 bits per heavy atom. The summed E-state index contributed by atoms with van der Waals surface area (Å²) in [5.74, 6) is 1.31. The van der Waals surface area contributed by atoms with Crippen LogP contribution >= 0.6 is 0 Å². The summed E-state index contributed by atoms with van der Waals surface area (Å²) >= 11 is 0. The van der Waals surface area contributed by atoms with E-state index in [0.717, 1.165) is 26.4 Å². The van der Waals surface area contributed by atoms with E-state index in [1.807, 2.05) is 0 Å². The van der Waals surface area contributed by atoms with Gasteiger partial charge in [0.1, 0.15) is 0 Å². The van der Waals surface area contributed by atoms with E-state index in [0.29, 0.717) is 19.4 Å². The average Bonchev–Trinajstić information content (AvgIpc) is 2.95. The molecular weight excluding hydrogens is 228 g/mol. The number of carbonyl (C=O) groups is 1. The van der Waals surface area contributed by atoms with Crippen LogP contribution in [0.4, 0.5) is 0 Å². The molecule has 4 nitrogen and oxygen atoms in total. The van der Waals surface area contributed by atoms with Crippen molar-refractivity contribution in [3.63, 3.8) is 0 Å². The molecule has 0 aromatic carbocycles. The first-order valence-corrected chi connectivity index (χ1v) is 6.64. The number of nitrogens with one attached hydrogen (secondary N) is 1.